The van der Waals surface area contributed by atoms with Crippen molar-refractivity contribution in [2.45, 2.75) is 235 Å². The van der Waals surface area contributed by atoms with E-state index >= 15 is 38.4 Å². The van der Waals surface area contributed by atoms with E-state index in [2.05, 4.69) is 72.8 Å². The Kier molecular flexibility index (Phi) is 39.7. The van der Waals surface area contributed by atoms with E-state index in [1.807, 2.05) is 26.0 Å². The Balaban J connectivity index is 1.10. The number of likely N-dealkylation sites (N-methyl/N-ethyl adjacent to an activating group) is 3. The van der Waals surface area contributed by atoms with Gasteiger partial charge in [-0.05, 0) is 106 Å². The summed E-state index contributed by atoms with van der Waals surface area (Å²) in [6.07, 6.45) is 4.65. The molecule has 3 saturated heterocycles. The summed E-state index contributed by atoms with van der Waals surface area (Å²) >= 11 is 0.781. The molecule has 0 unspecified atom stereocenters. The van der Waals surface area contributed by atoms with Gasteiger partial charge in [-0.15, -0.1) is 11.8 Å². The number of guanidine groups is 1. The van der Waals surface area contributed by atoms with Crippen LogP contribution in [0.3, 0.4) is 0 Å². The van der Waals surface area contributed by atoms with Crippen molar-refractivity contribution in [1.82, 2.24) is 97.3 Å². The number of aromatic amines is 3. The minimum Gasteiger partial charge on any atom is -0.394 e. The van der Waals surface area contributed by atoms with E-state index in [4.69, 9.17) is 22.6 Å². The SMILES string of the molecule is CCCC[C@H]1C(=O)N(C)[C@@H](CCCC)C(=O)N[C@@H](CCCNC(=N)N)C(=O)N[C@H](C(=O)NCC(N)=O)CSCC(=O)N[C@@H](Cc2ccccn2)C(=O)N(C)[C@@H](C)C(=O)N[C@@H](CC(N)=O)C(=O)N2CCC[C@H]2C(=O)N[C@@H](Cc2c[nH]cn2)C(=O)N[C@@H](CC(C)C)C(=O)N2C[C@H](O)C[C@H]2C(=O)C[C@@H](Cc2c[nH]c3ccccc23)C(=O)N[C@@H](CO)C(=O)C[C@@H](Cc2c[nH]c3ccccc23)C(=O)N1C. The number of amides is 15. The minimum atomic E-state index is -1.76. The van der Waals surface area contributed by atoms with E-state index in [0.717, 1.165) is 26.5 Å². The molecule has 7 heterocycles. The molecule has 42 nitrogen and oxygen atoms in total. The second-order valence-corrected chi connectivity index (χ2v) is 36.3. The van der Waals surface area contributed by atoms with Gasteiger partial charge in [0.1, 0.15) is 66.5 Å². The molecule has 3 fully saturated rings. The summed E-state index contributed by atoms with van der Waals surface area (Å²) < 4.78 is 0. The number of nitrogens with one attached hydrogen (secondary N) is 13. The first-order valence-electron chi connectivity index (χ1n) is 45.7. The highest BCUT2D eigenvalue weighted by molar-refractivity contribution is 8.00. The van der Waals surface area contributed by atoms with Gasteiger partial charge in [0, 0.05) is 143 Å². The number of hydrogen-bond acceptors (Lipinski definition) is 23. The molecule has 21 N–H and O–H groups in total. The zero-order valence-electron chi connectivity index (χ0n) is 77.5. The molecular formula is C92H129N23O19S. The number of nitrogens with two attached hydrogens (primary N) is 3. The number of unbranched alkanes of at least 4 members (excludes halogenated alkanes) is 2. The first-order chi connectivity index (χ1) is 64.4. The van der Waals surface area contributed by atoms with Crippen LogP contribution in [0.4, 0.5) is 0 Å². The Morgan fingerprint density at radius 3 is 1.77 bits per heavy atom. The molecule has 0 saturated carbocycles. The van der Waals surface area contributed by atoms with Crippen molar-refractivity contribution < 1.29 is 91.7 Å². The van der Waals surface area contributed by atoms with E-state index in [0.29, 0.717) is 64.3 Å². The molecule has 2 aromatic carbocycles. The topological polar surface area (TPSA) is 630 Å². The van der Waals surface area contributed by atoms with E-state index in [1.54, 1.807) is 80.8 Å². The summed E-state index contributed by atoms with van der Waals surface area (Å²) in [4.78, 5) is 274. The summed E-state index contributed by atoms with van der Waals surface area (Å²) in [5, 5.41) is 55.9. The first-order valence-corrected chi connectivity index (χ1v) is 46.9. The molecule has 135 heavy (non-hydrogen) atoms. The van der Waals surface area contributed by atoms with Crippen LogP contribution in [0.1, 0.15) is 153 Å². The number of aromatic nitrogens is 5. The highest BCUT2D eigenvalue weighted by Crippen LogP contribution is 2.31. The lowest BCUT2D eigenvalue weighted by Gasteiger charge is -2.36. The smallest absolute Gasteiger partial charge is 0.246 e. The fourth-order valence-electron chi connectivity index (χ4n) is 17.2. The molecule has 6 aromatic rings. The van der Waals surface area contributed by atoms with Crippen molar-refractivity contribution in [3.63, 3.8) is 0 Å². The van der Waals surface area contributed by atoms with Gasteiger partial charge in [0.2, 0.25) is 88.6 Å². The number of carbonyl (C=O) groups excluding carboxylic acids is 17. The zero-order chi connectivity index (χ0) is 98.4. The lowest BCUT2D eigenvalue weighted by molar-refractivity contribution is -0.150. The highest BCUT2D eigenvalue weighted by atomic mass is 32.2. The third-order valence-electron chi connectivity index (χ3n) is 24.7. The fraction of sp³-hybridized carbons (Fsp3) is 0.543. The Labute approximate surface area is 786 Å². The van der Waals surface area contributed by atoms with Crippen LogP contribution in [-0.2, 0) is 107 Å². The Morgan fingerprint density at radius 1 is 0.563 bits per heavy atom. The van der Waals surface area contributed by atoms with Crippen molar-refractivity contribution in [1.29, 1.82) is 5.41 Å². The first kappa shape index (κ1) is 106. The number of aliphatic hydroxyl groups is 2. The third-order valence-corrected chi connectivity index (χ3v) is 25.7. The number of hydrogen-bond donors (Lipinski definition) is 18. The molecule has 3 aliphatic heterocycles. The number of benzene rings is 2. The number of pyridine rings is 1. The largest absolute Gasteiger partial charge is 0.394 e. The maximum Gasteiger partial charge on any atom is 0.246 e. The van der Waals surface area contributed by atoms with Gasteiger partial charge in [-0.3, -0.25) is 91.9 Å². The van der Waals surface area contributed by atoms with Crippen molar-refractivity contribution in [3.05, 3.63) is 120 Å². The normalized spacial score (nSPS) is 24.9. The lowest BCUT2D eigenvalue weighted by Crippen LogP contribution is -2.60. The molecular weight excluding hydrogens is 1760 g/mol. The summed E-state index contributed by atoms with van der Waals surface area (Å²) in [6, 6.07) is 1.01. The number of ketones is 2. The molecule has 0 radical (unpaired) electrons. The predicted molar refractivity (Wildman–Crippen MR) is 498 cm³/mol. The number of fused-ring (bicyclic) bond motifs is 4. The fourth-order valence-corrected chi connectivity index (χ4v) is 18.1. The molecule has 15 atom stereocenters. The quantitative estimate of drug-likeness (QED) is 0.0175. The van der Waals surface area contributed by atoms with Crippen LogP contribution in [0.25, 0.3) is 21.8 Å². The lowest BCUT2D eigenvalue weighted by atomic mass is 9.88. The number of carbonyl (C=O) groups is 17. The maximum atomic E-state index is 15.8. The molecule has 9 rings (SSSR count). The van der Waals surface area contributed by atoms with E-state index in [-0.39, 0.29) is 102 Å². The van der Waals surface area contributed by atoms with Crippen LogP contribution in [0.2, 0.25) is 0 Å². The molecule has 15 amide bonds. The third kappa shape index (κ3) is 29.7. The van der Waals surface area contributed by atoms with Gasteiger partial charge in [-0.25, -0.2) is 4.98 Å². The number of imidazole rings is 1. The number of primary amides is 2. The van der Waals surface area contributed by atoms with Crippen LogP contribution in [0.15, 0.2) is 97.8 Å². The Morgan fingerprint density at radius 2 is 1.16 bits per heavy atom. The van der Waals surface area contributed by atoms with Crippen molar-refractivity contribution >= 4 is 140 Å². The molecule has 4 aromatic heterocycles. The molecule has 0 bridgehead atoms. The average molecular weight is 1890 g/mol. The van der Waals surface area contributed by atoms with Gasteiger partial charge in [-0.2, -0.15) is 0 Å². The van der Waals surface area contributed by atoms with E-state index < -0.39 is 247 Å². The van der Waals surface area contributed by atoms with Crippen LogP contribution >= 0.6 is 11.8 Å². The van der Waals surface area contributed by atoms with Gasteiger partial charge in [0.25, 0.3) is 0 Å². The van der Waals surface area contributed by atoms with Crippen molar-refractivity contribution in [2.24, 2.45) is 35.0 Å². The van der Waals surface area contributed by atoms with Crippen molar-refractivity contribution in [3.8, 4) is 0 Å². The Bertz CT molecular complexity index is 5190. The zero-order valence-corrected chi connectivity index (χ0v) is 78.3. The van der Waals surface area contributed by atoms with Crippen LogP contribution in [0, 0.1) is 23.2 Å². The van der Waals surface area contributed by atoms with E-state index in [9.17, 15) is 53.4 Å². The van der Waals surface area contributed by atoms with Gasteiger partial charge < -0.3 is 115 Å². The maximum absolute atomic E-state index is 15.8. The van der Waals surface area contributed by atoms with Gasteiger partial charge in [0.05, 0.1) is 49.5 Å². The Hall–Kier alpha value is -13.2. The minimum absolute atomic E-state index is 0.000598. The molecule has 0 spiro atoms. The molecule has 732 valence electrons. The number of rotatable bonds is 26. The number of thioether (sulfide) groups is 1. The summed E-state index contributed by atoms with van der Waals surface area (Å²) in [5.74, 6) is -19.4. The van der Waals surface area contributed by atoms with Crippen molar-refractivity contribution in [2.75, 3.05) is 65.4 Å². The summed E-state index contributed by atoms with van der Waals surface area (Å²) in [5.41, 5.74) is 19.9. The molecule has 3 aliphatic rings. The number of para-hydroxylation sites is 2. The summed E-state index contributed by atoms with van der Waals surface area (Å²) in [7, 11) is 4.00. The number of aliphatic hydroxyl groups excluding tert-OH is 2. The number of Topliss-reactive ketones (excluding diaryl/α,β-unsaturated/α-hetero) is 2. The summed E-state index contributed by atoms with van der Waals surface area (Å²) in [6.45, 7) is 6.29. The second-order valence-electron chi connectivity index (χ2n) is 35.2. The number of nitrogens with zero attached hydrogens (tertiary/aromatic N) is 7. The van der Waals surface area contributed by atoms with E-state index in [1.165, 1.54) is 56.6 Å². The molecule has 43 heteroatoms. The highest BCUT2D eigenvalue weighted by Gasteiger charge is 2.47. The van der Waals surface area contributed by atoms with Crippen LogP contribution in [0.5, 0.6) is 0 Å². The monoisotopic (exact) mass is 1890 g/mol. The van der Waals surface area contributed by atoms with Crippen LogP contribution in [-0.4, -0.2) is 310 Å². The van der Waals surface area contributed by atoms with Gasteiger partial charge in [0.15, 0.2) is 17.5 Å². The average Bonchev–Trinajstić information content (AvgIpc) is 1.72. The van der Waals surface area contributed by atoms with Gasteiger partial charge in [-0.1, -0.05) is 95.8 Å². The van der Waals surface area contributed by atoms with Gasteiger partial charge >= 0.3 is 0 Å². The molecule has 0 aliphatic carbocycles. The predicted octanol–water partition coefficient (Wildman–Crippen LogP) is -1.06. The number of H-pyrrole nitrogens is 3. The standard InChI is InChI=1S/C92H129N23O19S/c1-9-11-27-71-85(128)105-64(26-19-31-99-92(95)96)83(126)110-70(82(125)102-45-78(94)121)48-135-49-79(122)104-67(38-57-21-17-18-30-98-57)88(131)111(6)52(5)80(123)107-68(41-77(93)120)89(132)114-32-20-29-72(114)86(129)106-65(39-58-44-97-50-103-58)84(127)108-66(33-51(3)4)90(133)115-46-59(117)40-74(115)76(119)36-53(34-55-42-100-62-24-15-13-22-60(55)62)81(124)109-69(47-116)75(118)37-54(35-56-43-101-63-25-16-14-23-61(56)63)87(130)113(8)73(28-12-10-2)91(134)112(71)7/h13-18,21-25,30,42-44,50-54,59,64-74,100-101,116-117H,9-12,19-20,26-29,31-41,45-49H2,1-8H3,(H2,93,120)(H2,94,121)(H,97,103)(H,102,125)(H,104,122)(H,105,128)(H,106,129)(H,107,123)(H,108,127)(H,109,124)(H,110,126)(H4,95,96,99)/t52-,53+,54+,59+,64-,65-,66-,67-,68-,69-,70-,71-,72-,73-,74-/m0/s1. The second kappa shape index (κ2) is 50.8. The van der Waals surface area contributed by atoms with Crippen LogP contribution < -0.4 is 65.1 Å².